The summed E-state index contributed by atoms with van der Waals surface area (Å²) in [7, 11) is 1.51. The molecule has 0 fully saturated rings. The Balaban J connectivity index is 2.13. The third-order valence-electron chi connectivity index (χ3n) is 2.16. The van der Waals surface area contributed by atoms with E-state index >= 15 is 0 Å². The molecule has 6 heteroatoms. The maximum atomic E-state index is 11.8. The van der Waals surface area contributed by atoms with Gasteiger partial charge in [0.1, 0.15) is 11.0 Å². The van der Waals surface area contributed by atoms with Crippen LogP contribution in [0.5, 0.6) is 5.88 Å². The van der Waals surface area contributed by atoms with Gasteiger partial charge in [0.25, 0.3) is 5.91 Å². The van der Waals surface area contributed by atoms with E-state index in [0.717, 1.165) is 0 Å². The molecule has 0 aromatic carbocycles. The maximum absolute atomic E-state index is 11.8. The summed E-state index contributed by atoms with van der Waals surface area (Å²) < 4.78 is 4.97. The van der Waals surface area contributed by atoms with Crippen molar-refractivity contribution in [1.82, 2.24) is 9.97 Å². The van der Waals surface area contributed by atoms with Gasteiger partial charge in [0, 0.05) is 12.3 Å². The molecule has 92 valence electrons. The summed E-state index contributed by atoms with van der Waals surface area (Å²) in [6.45, 7) is 0. The number of nitrogens with zero attached hydrogens (tertiary/aromatic N) is 2. The lowest BCUT2D eigenvalue weighted by atomic mass is 10.2. The normalized spacial score (nSPS) is 9.89. The second-order valence-corrected chi connectivity index (χ2v) is 3.78. The first-order chi connectivity index (χ1) is 8.69. The van der Waals surface area contributed by atoms with E-state index in [2.05, 4.69) is 15.3 Å². The van der Waals surface area contributed by atoms with Crippen molar-refractivity contribution in [3.05, 3.63) is 47.2 Å². The van der Waals surface area contributed by atoms with Gasteiger partial charge in [0.05, 0.1) is 12.7 Å². The Morgan fingerprint density at radius 3 is 2.83 bits per heavy atom. The molecule has 0 radical (unpaired) electrons. The molecule has 0 saturated heterocycles. The monoisotopic (exact) mass is 263 g/mol. The van der Waals surface area contributed by atoms with Crippen LogP contribution in [-0.4, -0.2) is 23.0 Å². The highest BCUT2D eigenvalue weighted by molar-refractivity contribution is 6.29. The van der Waals surface area contributed by atoms with Crippen molar-refractivity contribution in [1.29, 1.82) is 0 Å². The summed E-state index contributed by atoms with van der Waals surface area (Å²) in [5, 5.41) is 2.98. The quantitative estimate of drug-likeness (QED) is 0.864. The van der Waals surface area contributed by atoms with Crippen molar-refractivity contribution in [2.24, 2.45) is 0 Å². The lowest BCUT2D eigenvalue weighted by molar-refractivity contribution is 0.102. The van der Waals surface area contributed by atoms with Crippen molar-refractivity contribution < 1.29 is 9.53 Å². The number of carbonyl (C=O) groups excluding carboxylic acids is 1. The summed E-state index contributed by atoms with van der Waals surface area (Å²) >= 11 is 5.64. The topological polar surface area (TPSA) is 64.1 Å². The van der Waals surface area contributed by atoms with E-state index in [9.17, 15) is 4.79 Å². The lowest BCUT2D eigenvalue weighted by Crippen LogP contribution is -2.13. The van der Waals surface area contributed by atoms with E-state index in [0.29, 0.717) is 22.4 Å². The predicted molar refractivity (Wildman–Crippen MR) is 68.0 cm³/mol. The first kappa shape index (κ1) is 12.3. The maximum Gasteiger partial charge on any atom is 0.258 e. The fraction of sp³-hybridized carbons (Fsp3) is 0.0833. The molecule has 18 heavy (non-hydrogen) atoms. The fourth-order valence-electron chi connectivity index (χ4n) is 1.30. The van der Waals surface area contributed by atoms with Crippen LogP contribution in [0.2, 0.25) is 5.15 Å². The molecule has 0 spiro atoms. The van der Waals surface area contributed by atoms with Gasteiger partial charge in [-0.2, -0.15) is 4.98 Å². The van der Waals surface area contributed by atoms with E-state index in [1.54, 1.807) is 30.3 Å². The Hall–Kier alpha value is -2.14. The van der Waals surface area contributed by atoms with E-state index in [1.807, 2.05) is 0 Å². The number of aromatic nitrogens is 2. The van der Waals surface area contributed by atoms with E-state index in [1.165, 1.54) is 13.3 Å². The van der Waals surface area contributed by atoms with Gasteiger partial charge in [-0.25, -0.2) is 4.98 Å². The van der Waals surface area contributed by atoms with Gasteiger partial charge in [-0.1, -0.05) is 17.7 Å². The highest BCUT2D eigenvalue weighted by Gasteiger charge is 2.07. The van der Waals surface area contributed by atoms with Crippen molar-refractivity contribution in [2.45, 2.75) is 0 Å². The summed E-state index contributed by atoms with van der Waals surface area (Å²) in [6.07, 6.45) is 1.40. The molecular weight excluding hydrogens is 254 g/mol. The number of ether oxygens (including phenoxy) is 1. The van der Waals surface area contributed by atoms with Crippen LogP contribution in [-0.2, 0) is 0 Å². The third kappa shape index (κ3) is 2.95. The van der Waals surface area contributed by atoms with Crippen LogP contribution in [0.3, 0.4) is 0 Å². The summed E-state index contributed by atoms with van der Waals surface area (Å²) in [4.78, 5) is 19.8. The molecule has 2 rings (SSSR count). The molecule has 0 saturated carbocycles. The van der Waals surface area contributed by atoms with Gasteiger partial charge >= 0.3 is 0 Å². The van der Waals surface area contributed by atoms with Crippen LogP contribution in [0, 0.1) is 0 Å². The number of amides is 1. The third-order valence-corrected chi connectivity index (χ3v) is 2.39. The molecule has 1 amide bonds. The molecule has 5 nitrogen and oxygen atoms in total. The van der Waals surface area contributed by atoms with Crippen LogP contribution < -0.4 is 10.1 Å². The molecule has 0 atom stereocenters. The Bertz CT molecular complexity index is 558. The molecule has 0 aliphatic rings. The molecule has 2 heterocycles. The lowest BCUT2D eigenvalue weighted by Gasteiger charge is -2.05. The van der Waals surface area contributed by atoms with Gasteiger partial charge in [-0.3, -0.25) is 4.79 Å². The van der Waals surface area contributed by atoms with Gasteiger partial charge in [0.15, 0.2) is 0 Å². The molecule has 0 unspecified atom stereocenters. The van der Waals surface area contributed by atoms with Gasteiger partial charge in [0.2, 0.25) is 5.88 Å². The first-order valence-corrected chi connectivity index (χ1v) is 5.51. The molecule has 2 aromatic rings. The van der Waals surface area contributed by atoms with Crippen molar-refractivity contribution in [3.8, 4) is 5.88 Å². The second-order valence-electron chi connectivity index (χ2n) is 3.39. The zero-order valence-corrected chi connectivity index (χ0v) is 10.3. The van der Waals surface area contributed by atoms with Crippen LogP contribution in [0.15, 0.2) is 36.5 Å². The number of rotatable bonds is 3. The number of hydrogen-bond acceptors (Lipinski definition) is 4. The van der Waals surface area contributed by atoms with Crippen molar-refractivity contribution in [2.75, 3.05) is 12.4 Å². The largest absolute Gasteiger partial charge is 0.481 e. The fourth-order valence-corrected chi connectivity index (χ4v) is 1.41. The summed E-state index contributed by atoms with van der Waals surface area (Å²) in [6, 6.07) is 8.24. The van der Waals surface area contributed by atoms with Gasteiger partial charge in [-0.15, -0.1) is 0 Å². The molecule has 0 aliphatic carbocycles. The van der Waals surface area contributed by atoms with Gasteiger partial charge < -0.3 is 10.1 Å². The summed E-state index contributed by atoms with van der Waals surface area (Å²) in [5.74, 6) is 0.538. The van der Waals surface area contributed by atoms with E-state index in [-0.39, 0.29) is 5.91 Å². The zero-order valence-electron chi connectivity index (χ0n) is 9.55. The van der Waals surface area contributed by atoms with Crippen molar-refractivity contribution >= 4 is 23.3 Å². The molecule has 2 aromatic heterocycles. The van der Waals surface area contributed by atoms with E-state index in [4.69, 9.17) is 16.3 Å². The molecule has 1 N–H and O–H groups in total. The number of halogens is 1. The van der Waals surface area contributed by atoms with Gasteiger partial charge in [-0.05, 0) is 18.2 Å². The highest BCUT2D eigenvalue weighted by Crippen LogP contribution is 2.12. The van der Waals surface area contributed by atoms with Crippen LogP contribution in [0.25, 0.3) is 0 Å². The average molecular weight is 264 g/mol. The minimum atomic E-state index is -0.306. The minimum Gasteiger partial charge on any atom is -0.481 e. The molecule has 0 bridgehead atoms. The number of methoxy groups -OCH3 is 1. The number of nitrogens with one attached hydrogen (secondary N) is 1. The number of hydrogen-bond donors (Lipinski definition) is 1. The van der Waals surface area contributed by atoms with E-state index < -0.39 is 0 Å². The highest BCUT2D eigenvalue weighted by atomic mass is 35.5. The Kier molecular flexibility index (Phi) is 3.74. The Morgan fingerprint density at radius 1 is 1.33 bits per heavy atom. The standard InChI is InChI=1S/C12H10ClN3O2/c1-18-11-4-2-3-10(15-11)16-12(17)8-5-6-9(13)14-7-8/h2-7H,1H3,(H,15,16,17). The molecular formula is C12H10ClN3O2. The minimum absolute atomic E-state index is 0.306. The second kappa shape index (κ2) is 5.46. The van der Waals surface area contributed by atoms with Crippen LogP contribution in [0.4, 0.5) is 5.82 Å². The number of anilines is 1. The molecule has 0 aliphatic heterocycles. The SMILES string of the molecule is COc1cccc(NC(=O)c2ccc(Cl)nc2)n1. The van der Waals surface area contributed by atoms with Crippen molar-refractivity contribution in [3.63, 3.8) is 0 Å². The Morgan fingerprint density at radius 2 is 2.17 bits per heavy atom. The number of pyridine rings is 2. The first-order valence-electron chi connectivity index (χ1n) is 5.13. The Labute approximate surface area is 109 Å². The zero-order chi connectivity index (χ0) is 13.0. The van der Waals surface area contributed by atoms with Crippen LogP contribution in [0.1, 0.15) is 10.4 Å². The summed E-state index contributed by atoms with van der Waals surface area (Å²) in [5.41, 5.74) is 0.406. The average Bonchev–Trinajstić information content (AvgIpc) is 2.39. The predicted octanol–water partition coefficient (Wildman–Crippen LogP) is 2.39. The number of carbonyl (C=O) groups is 1. The smallest absolute Gasteiger partial charge is 0.258 e. The van der Waals surface area contributed by atoms with Crippen LogP contribution >= 0.6 is 11.6 Å².